The van der Waals surface area contributed by atoms with Crippen LogP contribution in [0.4, 0.5) is 5.69 Å². The van der Waals surface area contributed by atoms with Crippen LogP contribution in [0, 0.1) is 13.8 Å². The van der Waals surface area contributed by atoms with Gasteiger partial charge in [0.25, 0.3) is 0 Å². The van der Waals surface area contributed by atoms with Crippen LogP contribution in [-0.4, -0.2) is 35.9 Å². The molecule has 1 rings (SSSR count). The van der Waals surface area contributed by atoms with Gasteiger partial charge in [0.1, 0.15) is 0 Å². The van der Waals surface area contributed by atoms with Gasteiger partial charge < -0.3 is 15.1 Å². The van der Waals surface area contributed by atoms with Crippen LogP contribution in [-0.2, 0) is 4.79 Å². The largest absolute Gasteiger partial charge is 0.481 e. The van der Waals surface area contributed by atoms with E-state index in [9.17, 15) is 9.90 Å². The molecule has 18 heavy (non-hydrogen) atoms. The summed E-state index contributed by atoms with van der Waals surface area (Å²) in [4.78, 5) is 12.4. The van der Waals surface area contributed by atoms with Crippen molar-refractivity contribution in [1.29, 1.82) is 0 Å². The number of likely N-dealkylation sites (N-methyl/N-ethyl adjacent to an activating group) is 1. The number of aliphatic carboxylic acids is 1. The monoisotopic (exact) mass is 251 g/mol. The number of aliphatic hydroxyl groups is 1. The molecule has 0 aliphatic carbocycles. The first-order chi connectivity index (χ1) is 8.40. The molecule has 0 aliphatic heterocycles. The second-order valence-electron chi connectivity index (χ2n) is 4.76. The van der Waals surface area contributed by atoms with Crippen LogP contribution in [0.5, 0.6) is 0 Å². The van der Waals surface area contributed by atoms with Crippen molar-refractivity contribution in [2.24, 2.45) is 0 Å². The van der Waals surface area contributed by atoms with Gasteiger partial charge in [0.15, 0.2) is 0 Å². The summed E-state index contributed by atoms with van der Waals surface area (Å²) >= 11 is 0. The Morgan fingerprint density at radius 1 is 1.39 bits per heavy atom. The van der Waals surface area contributed by atoms with E-state index >= 15 is 0 Å². The number of anilines is 1. The summed E-state index contributed by atoms with van der Waals surface area (Å²) in [6, 6.07) is 6.15. The van der Waals surface area contributed by atoms with E-state index in [1.807, 2.05) is 37.9 Å². The molecule has 0 heterocycles. The summed E-state index contributed by atoms with van der Waals surface area (Å²) in [5.41, 5.74) is 3.42. The third-order valence-corrected chi connectivity index (χ3v) is 2.94. The number of rotatable bonds is 6. The number of carbonyl (C=O) groups is 1. The second-order valence-corrected chi connectivity index (χ2v) is 4.76. The molecule has 4 heteroatoms. The lowest BCUT2D eigenvalue weighted by Crippen LogP contribution is -2.29. The molecule has 1 aromatic rings. The fourth-order valence-corrected chi connectivity index (χ4v) is 2.03. The van der Waals surface area contributed by atoms with Crippen LogP contribution < -0.4 is 4.90 Å². The average molecular weight is 251 g/mol. The minimum atomic E-state index is -0.872. The molecule has 100 valence electrons. The molecule has 1 atom stereocenters. The molecule has 0 spiro atoms. The van der Waals surface area contributed by atoms with Crippen molar-refractivity contribution in [1.82, 2.24) is 0 Å². The van der Waals surface area contributed by atoms with Crippen molar-refractivity contribution in [2.45, 2.75) is 32.8 Å². The highest BCUT2D eigenvalue weighted by molar-refractivity contribution is 5.66. The molecule has 1 unspecified atom stereocenters. The molecule has 0 aromatic heterocycles. The summed E-state index contributed by atoms with van der Waals surface area (Å²) in [5, 5.41) is 18.3. The van der Waals surface area contributed by atoms with E-state index in [1.54, 1.807) is 0 Å². The number of hydrogen-bond donors (Lipinski definition) is 2. The highest BCUT2D eigenvalue weighted by atomic mass is 16.4. The predicted octanol–water partition coefficient (Wildman–Crippen LogP) is 1.97. The van der Waals surface area contributed by atoms with Crippen LogP contribution in [0.3, 0.4) is 0 Å². The summed E-state index contributed by atoms with van der Waals surface area (Å²) in [6.07, 6.45) is -0.335. The van der Waals surface area contributed by atoms with E-state index in [4.69, 9.17) is 5.11 Å². The Kier molecular flexibility index (Phi) is 5.16. The summed E-state index contributed by atoms with van der Waals surface area (Å²) < 4.78 is 0. The number of hydrogen-bond acceptors (Lipinski definition) is 3. The summed E-state index contributed by atoms with van der Waals surface area (Å²) in [7, 11) is 1.90. The zero-order valence-electron chi connectivity index (χ0n) is 11.2. The highest BCUT2D eigenvalue weighted by Gasteiger charge is 2.12. The lowest BCUT2D eigenvalue weighted by molar-refractivity contribution is -0.137. The maximum absolute atomic E-state index is 10.4. The van der Waals surface area contributed by atoms with Crippen LogP contribution in [0.2, 0.25) is 0 Å². The van der Waals surface area contributed by atoms with Crippen molar-refractivity contribution in [3.8, 4) is 0 Å². The van der Waals surface area contributed by atoms with Gasteiger partial charge in [0.2, 0.25) is 0 Å². The minimum absolute atomic E-state index is 0.00187. The van der Waals surface area contributed by atoms with E-state index in [1.165, 1.54) is 5.56 Å². The highest BCUT2D eigenvalue weighted by Crippen LogP contribution is 2.20. The first kappa shape index (κ1) is 14.5. The molecule has 0 fully saturated rings. The maximum atomic E-state index is 10.4. The van der Waals surface area contributed by atoms with Crippen LogP contribution in [0.15, 0.2) is 18.2 Å². The van der Waals surface area contributed by atoms with Gasteiger partial charge in [-0.2, -0.15) is 0 Å². The van der Waals surface area contributed by atoms with Gasteiger partial charge in [0.05, 0.1) is 6.10 Å². The van der Waals surface area contributed by atoms with Crippen LogP contribution in [0.25, 0.3) is 0 Å². The molecule has 0 saturated carbocycles. The number of benzene rings is 1. The van der Waals surface area contributed by atoms with Crippen molar-refractivity contribution >= 4 is 11.7 Å². The molecule has 0 saturated heterocycles. The van der Waals surface area contributed by atoms with Gasteiger partial charge in [-0.3, -0.25) is 4.79 Å². The molecule has 0 aliphatic rings. The average Bonchev–Trinajstić information content (AvgIpc) is 2.26. The zero-order chi connectivity index (χ0) is 13.7. The van der Waals surface area contributed by atoms with E-state index in [-0.39, 0.29) is 12.8 Å². The lowest BCUT2D eigenvalue weighted by atomic mass is 10.1. The Hall–Kier alpha value is -1.55. The summed E-state index contributed by atoms with van der Waals surface area (Å²) in [6.45, 7) is 4.51. The van der Waals surface area contributed by atoms with Gasteiger partial charge in [0, 0.05) is 25.7 Å². The predicted molar refractivity (Wildman–Crippen MR) is 72.1 cm³/mol. The first-order valence-corrected chi connectivity index (χ1v) is 6.08. The molecule has 2 N–H and O–H groups in total. The van der Waals surface area contributed by atoms with Crippen molar-refractivity contribution in [3.63, 3.8) is 0 Å². The third kappa shape index (κ3) is 4.37. The standard InChI is InChI=1S/C14H21NO3/c1-10-4-6-13(11(2)8-10)15(3)9-12(16)5-7-14(17)18/h4,6,8,12,16H,5,7,9H2,1-3H3,(H,17,18). The SMILES string of the molecule is Cc1ccc(N(C)CC(O)CCC(=O)O)c(C)c1. The Bertz CT molecular complexity index is 418. The molecule has 0 amide bonds. The van der Waals surface area contributed by atoms with Crippen molar-refractivity contribution in [3.05, 3.63) is 29.3 Å². The van der Waals surface area contributed by atoms with E-state index in [2.05, 4.69) is 6.07 Å². The van der Waals surface area contributed by atoms with E-state index in [0.717, 1.165) is 11.3 Å². The normalized spacial score (nSPS) is 12.2. The smallest absolute Gasteiger partial charge is 0.303 e. The number of nitrogens with zero attached hydrogens (tertiary/aromatic N) is 1. The Morgan fingerprint density at radius 3 is 2.61 bits per heavy atom. The van der Waals surface area contributed by atoms with Crippen molar-refractivity contribution in [2.75, 3.05) is 18.5 Å². The topological polar surface area (TPSA) is 60.8 Å². The fraction of sp³-hybridized carbons (Fsp3) is 0.500. The van der Waals surface area contributed by atoms with Crippen molar-refractivity contribution < 1.29 is 15.0 Å². The number of aryl methyl sites for hydroxylation is 2. The molecule has 0 radical (unpaired) electrons. The third-order valence-electron chi connectivity index (χ3n) is 2.94. The number of carboxylic acids is 1. The van der Waals surface area contributed by atoms with Gasteiger partial charge in [-0.1, -0.05) is 17.7 Å². The van der Waals surface area contributed by atoms with Crippen LogP contribution >= 0.6 is 0 Å². The van der Waals surface area contributed by atoms with Gasteiger partial charge in [-0.15, -0.1) is 0 Å². The second kappa shape index (κ2) is 6.40. The number of carboxylic acid groups (broad SMARTS) is 1. The first-order valence-electron chi connectivity index (χ1n) is 6.08. The minimum Gasteiger partial charge on any atom is -0.481 e. The number of aliphatic hydroxyl groups excluding tert-OH is 1. The van der Waals surface area contributed by atoms with Crippen LogP contribution in [0.1, 0.15) is 24.0 Å². The van der Waals surface area contributed by atoms with Gasteiger partial charge >= 0.3 is 5.97 Å². The molecule has 1 aromatic carbocycles. The molecule has 4 nitrogen and oxygen atoms in total. The summed E-state index contributed by atoms with van der Waals surface area (Å²) in [5.74, 6) is -0.872. The molecule has 0 bridgehead atoms. The lowest BCUT2D eigenvalue weighted by Gasteiger charge is -2.24. The Balaban J connectivity index is 2.59. The fourth-order valence-electron chi connectivity index (χ4n) is 2.03. The van der Waals surface area contributed by atoms with E-state index in [0.29, 0.717) is 6.54 Å². The maximum Gasteiger partial charge on any atom is 0.303 e. The van der Waals surface area contributed by atoms with Gasteiger partial charge in [-0.25, -0.2) is 0 Å². The quantitative estimate of drug-likeness (QED) is 0.811. The Labute approximate surface area is 108 Å². The molecular weight excluding hydrogens is 230 g/mol. The Morgan fingerprint density at radius 2 is 2.06 bits per heavy atom. The van der Waals surface area contributed by atoms with E-state index < -0.39 is 12.1 Å². The molecular formula is C14H21NO3. The van der Waals surface area contributed by atoms with Gasteiger partial charge in [-0.05, 0) is 31.9 Å². The zero-order valence-corrected chi connectivity index (χ0v) is 11.2.